The van der Waals surface area contributed by atoms with Crippen molar-refractivity contribution in [2.24, 2.45) is 4.99 Å². The van der Waals surface area contributed by atoms with Crippen molar-refractivity contribution >= 4 is 34.0 Å². The number of amidine groups is 1. The molecule has 0 unspecified atom stereocenters. The van der Waals surface area contributed by atoms with E-state index >= 15 is 0 Å². The monoisotopic (exact) mass is 487 g/mol. The molecular formula is C24H25N9OS. The molecule has 0 radical (unpaired) electrons. The molecule has 4 heterocycles. The summed E-state index contributed by atoms with van der Waals surface area (Å²) in [5.74, 6) is 5.50. The molecular weight excluding hydrogens is 462 g/mol. The Morgan fingerprint density at radius 2 is 2.09 bits per heavy atom. The molecule has 1 atom stereocenters. The zero-order valence-electron chi connectivity index (χ0n) is 19.4. The highest BCUT2D eigenvalue weighted by Crippen LogP contribution is 2.39. The van der Waals surface area contributed by atoms with Crippen LogP contribution in [0.1, 0.15) is 42.8 Å². The number of nitrogens with one attached hydrogen (secondary N) is 2. The molecule has 2 aliphatic heterocycles. The standard InChI is InChI=1S/C24H25N9OS/c1-3-16-13-27-20(28-14-16)17-5-10-33(11-6-17)23-30-18-7-12-35(34)19(18)21(31-23)32-24(8-4-9-24)22(26-2)29-15-25/h1,5,13-14H,4,6-12H2,2H3,(H,26,29)(H,30,31,32)/t35-/m1/s1. The van der Waals surface area contributed by atoms with Crippen molar-refractivity contribution in [1.82, 2.24) is 25.3 Å². The molecule has 35 heavy (non-hydrogen) atoms. The average molecular weight is 488 g/mol. The number of fused-ring (bicyclic) bond motifs is 1. The largest absolute Gasteiger partial charge is 0.356 e. The Labute approximate surface area is 206 Å². The van der Waals surface area contributed by atoms with E-state index < -0.39 is 16.3 Å². The molecule has 0 amide bonds. The molecule has 2 aromatic rings. The second kappa shape index (κ2) is 9.43. The number of rotatable bonds is 5. The quantitative estimate of drug-likeness (QED) is 0.212. The number of anilines is 2. The number of nitriles is 1. The van der Waals surface area contributed by atoms with E-state index in [1.807, 2.05) is 6.19 Å². The highest BCUT2D eigenvalue weighted by Gasteiger charge is 2.44. The highest BCUT2D eigenvalue weighted by atomic mass is 32.2. The first-order chi connectivity index (χ1) is 17.1. The van der Waals surface area contributed by atoms with Gasteiger partial charge >= 0.3 is 0 Å². The van der Waals surface area contributed by atoms with E-state index in [1.165, 1.54) is 0 Å². The van der Waals surface area contributed by atoms with E-state index in [-0.39, 0.29) is 0 Å². The van der Waals surface area contributed by atoms with Gasteiger partial charge in [0.25, 0.3) is 0 Å². The van der Waals surface area contributed by atoms with E-state index in [0.717, 1.165) is 37.0 Å². The van der Waals surface area contributed by atoms with Crippen molar-refractivity contribution in [3.05, 3.63) is 35.6 Å². The van der Waals surface area contributed by atoms with Crippen molar-refractivity contribution in [2.75, 3.05) is 36.1 Å². The molecule has 1 fully saturated rings. The lowest BCUT2D eigenvalue weighted by atomic mass is 9.75. The van der Waals surface area contributed by atoms with Gasteiger partial charge in [0.15, 0.2) is 12.0 Å². The summed E-state index contributed by atoms with van der Waals surface area (Å²) < 4.78 is 12.8. The predicted molar refractivity (Wildman–Crippen MR) is 134 cm³/mol. The van der Waals surface area contributed by atoms with Gasteiger partial charge in [0.2, 0.25) is 5.95 Å². The van der Waals surface area contributed by atoms with Crippen LogP contribution in [-0.4, -0.2) is 61.4 Å². The number of aryl methyl sites for hydroxylation is 1. The molecule has 1 aliphatic carbocycles. The molecule has 11 heteroatoms. The normalized spacial score (nSPS) is 20.7. The molecule has 0 bridgehead atoms. The number of hydrogen-bond donors (Lipinski definition) is 2. The maximum Gasteiger partial charge on any atom is 0.227 e. The van der Waals surface area contributed by atoms with Crippen molar-refractivity contribution in [1.29, 1.82) is 5.26 Å². The van der Waals surface area contributed by atoms with Gasteiger partial charge < -0.3 is 10.2 Å². The summed E-state index contributed by atoms with van der Waals surface area (Å²) in [6.07, 6.45) is 16.8. The van der Waals surface area contributed by atoms with E-state index in [1.54, 1.807) is 19.4 Å². The van der Waals surface area contributed by atoms with Crippen LogP contribution in [0, 0.1) is 23.8 Å². The van der Waals surface area contributed by atoms with Gasteiger partial charge in [-0.3, -0.25) is 14.5 Å². The van der Waals surface area contributed by atoms with Crippen LogP contribution in [0.4, 0.5) is 11.8 Å². The Hall–Kier alpha value is -3.83. The number of hydrogen-bond acceptors (Lipinski definition) is 9. The molecule has 0 saturated heterocycles. The lowest BCUT2D eigenvalue weighted by Gasteiger charge is -2.43. The van der Waals surface area contributed by atoms with Crippen LogP contribution in [0.5, 0.6) is 0 Å². The van der Waals surface area contributed by atoms with Crippen LogP contribution in [0.2, 0.25) is 0 Å². The molecule has 5 rings (SSSR count). The summed E-state index contributed by atoms with van der Waals surface area (Å²) in [6.45, 7) is 1.32. The van der Waals surface area contributed by atoms with Crippen LogP contribution in [0.3, 0.4) is 0 Å². The van der Waals surface area contributed by atoms with E-state index in [4.69, 9.17) is 16.4 Å². The minimum atomic E-state index is -1.16. The Balaban J connectivity index is 1.43. The van der Waals surface area contributed by atoms with Gasteiger partial charge in [0.1, 0.15) is 16.5 Å². The fourth-order valence-electron chi connectivity index (χ4n) is 4.65. The zero-order valence-corrected chi connectivity index (χ0v) is 20.2. The Bertz CT molecular complexity index is 1320. The topological polar surface area (TPSA) is 132 Å². The van der Waals surface area contributed by atoms with Gasteiger partial charge in [-0.05, 0) is 31.3 Å². The summed E-state index contributed by atoms with van der Waals surface area (Å²) in [7, 11) is 0.502. The number of terminal acetylenes is 1. The fraction of sp³-hybridized carbons (Fsp3) is 0.417. The van der Waals surface area contributed by atoms with E-state index in [2.05, 4.69) is 42.5 Å². The minimum absolute atomic E-state index is 0.520. The van der Waals surface area contributed by atoms with Crippen molar-refractivity contribution < 1.29 is 4.21 Å². The van der Waals surface area contributed by atoms with Crippen LogP contribution in [0.25, 0.3) is 5.57 Å². The molecule has 2 N–H and O–H groups in total. The smallest absolute Gasteiger partial charge is 0.227 e. The Morgan fingerprint density at radius 1 is 1.29 bits per heavy atom. The first kappa shape index (κ1) is 22.9. The van der Waals surface area contributed by atoms with Crippen LogP contribution in [0.15, 0.2) is 28.4 Å². The zero-order chi connectivity index (χ0) is 24.4. The maximum atomic E-state index is 12.8. The van der Waals surface area contributed by atoms with Crippen LogP contribution < -0.4 is 15.5 Å². The molecule has 1 saturated carbocycles. The first-order valence-corrected chi connectivity index (χ1v) is 12.8. The second-order valence-electron chi connectivity index (χ2n) is 8.68. The van der Waals surface area contributed by atoms with Gasteiger partial charge in [-0.1, -0.05) is 12.0 Å². The highest BCUT2D eigenvalue weighted by molar-refractivity contribution is 7.85. The summed E-state index contributed by atoms with van der Waals surface area (Å²) in [4.78, 5) is 25.5. The molecule has 10 nitrogen and oxygen atoms in total. The Kier molecular flexibility index (Phi) is 6.18. The Morgan fingerprint density at radius 3 is 2.69 bits per heavy atom. The predicted octanol–water partition coefficient (Wildman–Crippen LogP) is 1.64. The van der Waals surface area contributed by atoms with Crippen LogP contribution in [-0.2, 0) is 17.2 Å². The van der Waals surface area contributed by atoms with Gasteiger partial charge in [0, 0.05) is 44.7 Å². The summed E-state index contributed by atoms with van der Waals surface area (Å²) in [6, 6.07) is 0. The van der Waals surface area contributed by atoms with Crippen molar-refractivity contribution in [3.63, 3.8) is 0 Å². The van der Waals surface area contributed by atoms with E-state index in [9.17, 15) is 9.47 Å². The van der Waals surface area contributed by atoms with E-state index in [0.29, 0.717) is 59.1 Å². The summed E-state index contributed by atoms with van der Waals surface area (Å²) in [5, 5.41) is 15.4. The lowest BCUT2D eigenvalue weighted by Crippen LogP contribution is -2.56. The van der Waals surface area contributed by atoms with Crippen molar-refractivity contribution in [2.45, 2.75) is 42.5 Å². The maximum absolute atomic E-state index is 12.8. The SMILES string of the molecule is C#Cc1cnc(C2=CCN(c3nc4c(c(NC5(C(=NC)NC#N)CCC5)n3)[S@](=O)CC4)CC2)nc1. The minimum Gasteiger partial charge on any atom is -0.356 e. The second-order valence-corrected chi connectivity index (χ2v) is 10.2. The average Bonchev–Trinajstić information content (AvgIpc) is 3.26. The first-order valence-electron chi connectivity index (χ1n) is 11.5. The molecule has 0 aromatic carbocycles. The van der Waals surface area contributed by atoms with Gasteiger partial charge in [-0.25, -0.2) is 15.0 Å². The third-order valence-corrected chi connectivity index (χ3v) is 8.15. The third-order valence-electron chi connectivity index (χ3n) is 6.69. The third kappa shape index (κ3) is 4.24. The van der Waals surface area contributed by atoms with Crippen molar-refractivity contribution in [3.8, 4) is 18.5 Å². The summed E-state index contributed by atoms with van der Waals surface area (Å²) in [5.41, 5.74) is 2.01. The van der Waals surface area contributed by atoms with Crippen LogP contribution >= 0.6 is 0 Å². The van der Waals surface area contributed by atoms with Gasteiger partial charge in [-0.15, -0.1) is 6.42 Å². The fourth-order valence-corrected chi connectivity index (χ4v) is 5.96. The lowest BCUT2D eigenvalue weighted by molar-refractivity contribution is 0.365. The molecule has 2 aromatic heterocycles. The number of aromatic nitrogens is 4. The molecule has 178 valence electrons. The number of nitrogens with zero attached hydrogens (tertiary/aromatic N) is 7. The summed E-state index contributed by atoms with van der Waals surface area (Å²) >= 11 is 0. The van der Waals surface area contributed by atoms with Gasteiger partial charge in [-0.2, -0.15) is 10.2 Å². The number of aliphatic imine (C=N–C) groups is 1. The molecule has 3 aliphatic rings. The molecule has 0 spiro atoms. The van der Waals surface area contributed by atoms with Gasteiger partial charge in [0.05, 0.1) is 27.6 Å².